The highest BCUT2D eigenvalue weighted by molar-refractivity contribution is 7.99. The smallest absolute Gasteiger partial charge is 0.406 e. The minimum Gasteiger partial charge on any atom is -0.406 e. The number of ether oxygens (including phenoxy) is 2. The van der Waals surface area contributed by atoms with Gasteiger partial charge in [0.15, 0.2) is 11.0 Å². The van der Waals surface area contributed by atoms with Crippen LogP contribution in [0.5, 0.6) is 5.75 Å². The molecular formula is C29H34F3N5O5S2. The zero-order valence-electron chi connectivity index (χ0n) is 24.3. The van der Waals surface area contributed by atoms with Crippen LogP contribution in [0.15, 0.2) is 58.6 Å². The second-order valence-electron chi connectivity index (χ2n) is 11.0. The average molecular weight is 654 g/mol. The molecule has 5 rings (SSSR count). The van der Waals surface area contributed by atoms with Crippen molar-refractivity contribution in [3.63, 3.8) is 0 Å². The first kappa shape index (κ1) is 32.3. The monoisotopic (exact) mass is 653 g/mol. The summed E-state index contributed by atoms with van der Waals surface area (Å²) in [7, 11) is -3.82. The fraction of sp³-hybridized carbons (Fsp3) is 0.483. The number of halogens is 3. The number of carbonyl (C=O) groups is 1. The van der Waals surface area contributed by atoms with Crippen LogP contribution < -0.4 is 10.1 Å². The van der Waals surface area contributed by atoms with Crippen molar-refractivity contribution in [2.45, 2.75) is 55.6 Å². The number of thioether (sulfide) groups is 1. The van der Waals surface area contributed by atoms with E-state index in [0.29, 0.717) is 41.5 Å². The minimum atomic E-state index is -4.85. The van der Waals surface area contributed by atoms with Crippen molar-refractivity contribution in [1.82, 2.24) is 24.4 Å². The number of morpholine rings is 1. The Hall–Kier alpha value is -3.14. The van der Waals surface area contributed by atoms with Crippen molar-refractivity contribution in [2.24, 2.45) is 11.8 Å². The number of benzene rings is 2. The average Bonchev–Trinajstić information content (AvgIpc) is 3.42. The molecule has 44 heavy (non-hydrogen) atoms. The Morgan fingerprint density at radius 2 is 1.82 bits per heavy atom. The van der Waals surface area contributed by atoms with Gasteiger partial charge in [-0.2, -0.15) is 4.31 Å². The third-order valence-electron chi connectivity index (χ3n) is 8.05. The summed E-state index contributed by atoms with van der Waals surface area (Å²) in [5.74, 6) is 0.594. The van der Waals surface area contributed by atoms with Crippen LogP contribution in [0.2, 0.25) is 0 Å². The second-order valence-corrected chi connectivity index (χ2v) is 13.8. The molecule has 1 saturated heterocycles. The van der Waals surface area contributed by atoms with E-state index in [1.54, 1.807) is 16.7 Å². The van der Waals surface area contributed by atoms with Gasteiger partial charge in [-0.3, -0.25) is 9.36 Å². The normalized spacial score (nSPS) is 21.6. The van der Waals surface area contributed by atoms with E-state index in [-0.39, 0.29) is 41.5 Å². The van der Waals surface area contributed by atoms with E-state index in [1.165, 1.54) is 40.7 Å². The summed E-state index contributed by atoms with van der Waals surface area (Å²) in [4.78, 5) is 13.0. The number of amides is 1. The van der Waals surface area contributed by atoms with Crippen LogP contribution >= 0.6 is 11.8 Å². The lowest BCUT2D eigenvalue weighted by Crippen LogP contribution is -2.44. The highest BCUT2D eigenvalue weighted by Gasteiger charge is 2.32. The van der Waals surface area contributed by atoms with E-state index >= 15 is 0 Å². The molecule has 15 heteroatoms. The number of rotatable bonds is 9. The van der Waals surface area contributed by atoms with E-state index in [2.05, 4.69) is 34.1 Å². The van der Waals surface area contributed by atoms with Gasteiger partial charge in [0.2, 0.25) is 15.9 Å². The Morgan fingerprint density at radius 1 is 1.09 bits per heavy atom. The molecule has 2 fully saturated rings. The molecule has 2 aromatic carbocycles. The predicted molar refractivity (Wildman–Crippen MR) is 158 cm³/mol. The lowest BCUT2D eigenvalue weighted by Gasteiger charge is -2.34. The fourth-order valence-electron chi connectivity index (χ4n) is 5.48. The van der Waals surface area contributed by atoms with Crippen molar-refractivity contribution in [2.75, 3.05) is 32.1 Å². The molecule has 1 aliphatic carbocycles. The molecule has 238 valence electrons. The van der Waals surface area contributed by atoms with Crippen LogP contribution in [0.1, 0.15) is 33.1 Å². The molecule has 3 aromatic rings. The van der Waals surface area contributed by atoms with Crippen LogP contribution in [0.4, 0.5) is 13.2 Å². The van der Waals surface area contributed by atoms with Gasteiger partial charge in [0, 0.05) is 30.4 Å². The van der Waals surface area contributed by atoms with Gasteiger partial charge >= 0.3 is 6.36 Å². The predicted octanol–water partition coefficient (Wildman–Crippen LogP) is 4.89. The fourth-order valence-corrected chi connectivity index (χ4v) is 7.69. The summed E-state index contributed by atoms with van der Waals surface area (Å²) in [6.45, 7) is 5.40. The molecule has 0 radical (unpaired) electrons. The van der Waals surface area contributed by atoms with Gasteiger partial charge in [-0.15, -0.1) is 23.4 Å². The van der Waals surface area contributed by atoms with E-state index < -0.39 is 22.1 Å². The van der Waals surface area contributed by atoms with Gasteiger partial charge in [0.25, 0.3) is 0 Å². The highest BCUT2D eigenvalue weighted by atomic mass is 32.2. The highest BCUT2D eigenvalue weighted by Crippen LogP contribution is 2.33. The molecule has 0 spiro atoms. The van der Waals surface area contributed by atoms with Crippen molar-refractivity contribution in [3.8, 4) is 22.8 Å². The zero-order valence-corrected chi connectivity index (χ0v) is 25.9. The SMILES string of the molecule is C[C@@H]1[C@@H](C)CCC[C@H]1NC(=O)CSc1nnc(-c2cccc(S(=O)(=O)N3CCOCC3)c2)n1-c1ccc(OC(F)(F)F)cc1. The number of nitrogens with one attached hydrogen (secondary N) is 1. The van der Waals surface area contributed by atoms with Crippen molar-refractivity contribution in [1.29, 1.82) is 0 Å². The van der Waals surface area contributed by atoms with Gasteiger partial charge in [-0.1, -0.05) is 50.6 Å². The second kappa shape index (κ2) is 13.5. The molecule has 0 unspecified atom stereocenters. The molecule has 2 heterocycles. The molecule has 2 aliphatic rings. The maximum atomic E-state index is 13.3. The molecule has 0 bridgehead atoms. The molecule has 1 aromatic heterocycles. The summed E-state index contributed by atoms with van der Waals surface area (Å²) < 4.78 is 77.3. The Labute approximate surface area is 258 Å². The van der Waals surface area contributed by atoms with Crippen LogP contribution in [0.3, 0.4) is 0 Å². The van der Waals surface area contributed by atoms with Gasteiger partial charge in [-0.25, -0.2) is 8.42 Å². The largest absolute Gasteiger partial charge is 0.573 e. The number of alkyl halides is 3. The molecule has 10 nitrogen and oxygen atoms in total. The van der Waals surface area contributed by atoms with Crippen molar-refractivity contribution >= 4 is 27.7 Å². The Morgan fingerprint density at radius 3 is 2.52 bits per heavy atom. The molecular weight excluding hydrogens is 619 g/mol. The van der Waals surface area contributed by atoms with Gasteiger partial charge in [-0.05, 0) is 54.7 Å². The van der Waals surface area contributed by atoms with Crippen LogP contribution in [0.25, 0.3) is 17.1 Å². The lowest BCUT2D eigenvalue weighted by atomic mass is 9.78. The van der Waals surface area contributed by atoms with Gasteiger partial charge in [0.1, 0.15) is 5.75 Å². The number of hydrogen-bond donors (Lipinski definition) is 1. The molecule has 1 aliphatic heterocycles. The summed E-state index contributed by atoms with van der Waals surface area (Å²) in [6.07, 6.45) is -1.75. The van der Waals surface area contributed by atoms with E-state index in [9.17, 15) is 26.4 Å². The van der Waals surface area contributed by atoms with Gasteiger partial charge in [0.05, 0.1) is 23.9 Å². The number of carbonyl (C=O) groups excluding carboxylic acids is 1. The molecule has 1 saturated carbocycles. The summed E-state index contributed by atoms with van der Waals surface area (Å²) in [5.41, 5.74) is 0.822. The molecule has 3 atom stereocenters. The van der Waals surface area contributed by atoms with Crippen molar-refractivity contribution in [3.05, 3.63) is 48.5 Å². The van der Waals surface area contributed by atoms with E-state index in [1.807, 2.05) is 0 Å². The topological polar surface area (TPSA) is 116 Å². The Bertz CT molecular complexity index is 1560. The number of sulfonamides is 1. The maximum absolute atomic E-state index is 13.3. The summed E-state index contributed by atoms with van der Waals surface area (Å²) >= 11 is 1.13. The van der Waals surface area contributed by atoms with Crippen LogP contribution in [0, 0.1) is 11.8 Å². The van der Waals surface area contributed by atoms with Gasteiger partial charge < -0.3 is 14.8 Å². The standard InChI is InChI=1S/C29H34F3N5O5S2/c1-19-5-3-8-25(20(19)2)33-26(38)18-43-28-35-34-27(37(28)22-9-11-23(12-10-22)42-29(30,31)32)21-6-4-7-24(17-21)44(39,40)36-13-15-41-16-14-36/h4,6-7,9-12,17,19-20,25H,3,5,8,13-16,18H2,1-2H3,(H,33,38)/t19-,20+,25+/m0/s1. The number of hydrogen-bond acceptors (Lipinski definition) is 8. The summed E-state index contributed by atoms with van der Waals surface area (Å²) in [5, 5.41) is 12.0. The first-order chi connectivity index (χ1) is 20.9. The zero-order chi connectivity index (χ0) is 31.5. The third kappa shape index (κ3) is 7.56. The summed E-state index contributed by atoms with van der Waals surface area (Å²) in [6, 6.07) is 11.5. The molecule has 1 amide bonds. The first-order valence-electron chi connectivity index (χ1n) is 14.3. The number of nitrogens with zero attached hydrogens (tertiary/aromatic N) is 4. The van der Waals surface area contributed by atoms with E-state index in [0.717, 1.165) is 31.0 Å². The van der Waals surface area contributed by atoms with Crippen LogP contribution in [-0.2, 0) is 19.6 Å². The Kier molecular flexibility index (Phi) is 9.87. The number of aromatic nitrogens is 3. The van der Waals surface area contributed by atoms with E-state index in [4.69, 9.17) is 4.74 Å². The maximum Gasteiger partial charge on any atom is 0.573 e. The van der Waals surface area contributed by atoms with Crippen LogP contribution in [-0.4, -0.2) is 77.9 Å². The molecule has 1 N–H and O–H groups in total. The Balaban J connectivity index is 1.44. The van der Waals surface area contributed by atoms with Crippen molar-refractivity contribution < 1.29 is 35.9 Å². The quantitative estimate of drug-likeness (QED) is 0.325. The lowest BCUT2D eigenvalue weighted by molar-refractivity contribution is -0.274. The first-order valence-corrected chi connectivity index (χ1v) is 16.8. The third-order valence-corrected chi connectivity index (χ3v) is 10.9. The minimum absolute atomic E-state index is 0.0381.